The number of carbonyl (C=O) groups excluding carboxylic acids is 1. The predicted molar refractivity (Wildman–Crippen MR) is 58.0 cm³/mol. The van der Waals surface area contributed by atoms with Crippen LogP contribution in [0.25, 0.3) is 0 Å². The first-order chi connectivity index (χ1) is 6.22. The van der Waals surface area contributed by atoms with Gasteiger partial charge in [-0.25, -0.2) is 0 Å². The Balaban J connectivity index is 0. The Morgan fingerprint density at radius 1 is 1.31 bits per heavy atom. The Hall–Kier alpha value is -0.410. The van der Waals surface area contributed by atoms with Crippen LogP contribution < -0.4 is 10.6 Å². The zero-order valence-corrected chi connectivity index (χ0v) is 9.61. The smallest absolute Gasteiger partial charge is 0.146 e. The predicted octanol–water partition coefficient (Wildman–Crippen LogP) is 1.19. The van der Waals surface area contributed by atoms with E-state index in [1.807, 2.05) is 27.9 Å². The van der Waals surface area contributed by atoms with Gasteiger partial charge in [0.15, 0.2) is 0 Å². The van der Waals surface area contributed by atoms with Crippen molar-refractivity contribution in [1.82, 2.24) is 10.6 Å². The molecule has 1 atom stereocenters. The summed E-state index contributed by atoms with van der Waals surface area (Å²) < 4.78 is 0. The number of likely N-dealkylation sites (N-methyl/N-ethyl adjacent to an activating group) is 1. The Kier molecular flexibility index (Phi) is 13.4. The number of carbonyl (C=O) groups is 1. The molecule has 0 saturated carbocycles. The van der Waals surface area contributed by atoms with Gasteiger partial charge in [-0.2, -0.15) is 0 Å². The zero-order chi connectivity index (χ0) is 10.7. The second kappa shape index (κ2) is 11.6. The number of ketones is 1. The third kappa shape index (κ3) is 9.50. The maximum Gasteiger partial charge on any atom is 0.146 e. The fraction of sp³-hybridized carbons (Fsp3) is 0.900. The molecule has 3 heteroatoms. The molecular weight excluding hydrogens is 164 g/mol. The van der Waals surface area contributed by atoms with E-state index in [2.05, 4.69) is 10.6 Å². The molecule has 0 aliphatic carbocycles. The Morgan fingerprint density at radius 2 is 1.85 bits per heavy atom. The summed E-state index contributed by atoms with van der Waals surface area (Å²) in [5.74, 6) is 0.226. The molecule has 0 aromatic heterocycles. The maximum atomic E-state index is 10.9. The first kappa shape index (κ1) is 15.1. The lowest BCUT2D eigenvalue weighted by Crippen LogP contribution is -2.32. The summed E-state index contributed by atoms with van der Waals surface area (Å²) in [6, 6.07) is 0.0448. The van der Waals surface area contributed by atoms with Crippen molar-refractivity contribution in [3.63, 3.8) is 0 Å². The van der Waals surface area contributed by atoms with E-state index in [9.17, 15) is 4.79 Å². The highest BCUT2D eigenvalue weighted by molar-refractivity contribution is 5.81. The number of hydrogen-bond donors (Lipinski definition) is 2. The monoisotopic (exact) mass is 188 g/mol. The summed E-state index contributed by atoms with van der Waals surface area (Å²) in [5, 5.41) is 6.03. The quantitative estimate of drug-likeness (QED) is 0.615. The molecule has 0 unspecified atom stereocenters. The normalized spacial score (nSPS) is 11.5. The molecule has 80 valence electrons. The van der Waals surface area contributed by atoms with Crippen molar-refractivity contribution in [2.45, 2.75) is 39.7 Å². The molecule has 0 bridgehead atoms. The molecule has 0 aliphatic rings. The summed E-state index contributed by atoms with van der Waals surface area (Å²) in [4.78, 5) is 10.9. The fourth-order valence-electron chi connectivity index (χ4n) is 1.03. The van der Waals surface area contributed by atoms with Crippen LogP contribution >= 0.6 is 0 Å². The highest BCUT2D eigenvalue weighted by atomic mass is 16.1. The third-order valence-corrected chi connectivity index (χ3v) is 1.76. The third-order valence-electron chi connectivity index (χ3n) is 1.76. The van der Waals surface area contributed by atoms with Gasteiger partial charge in [-0.1, -0.05) is 13.8 Å². The lowest BCUT2D eigenvalue weighted by atomic mass is 10.1. The first-order valence-electron chi connectivity index (χ1n) is 5.04. The Bertz CT molecular complexity index is 115. The molecule has 0 saturated heterocycles. The summed E-state index contributed by atoms with van der Waals surface area (Å²) in [6.07, 6.45) is 1.97. The van der Waals surface area contributed by atoms with E-state index in [1.165, 1.54) is 0 Å². The van der Waals surface area contributed by atoms with Crippen LogP contribution in [0, 0.1) is 0 Å². The molecule has 0 spiro atoms. The van der Waals surface area contributed by atoms with E-state index >= 15 is 0 Å². The first-order valence-corrected chi connectivity index (χ1v) is 5.04. The van der Waals surface area contributed by atoms with Crippen LogP contribution in [-0.4, -0.2) is 32.5 Å². The van der Waals surface area contributed by atoms with Gasteiger partial charge in [0.2, 0.25) is 0 Å². The largest absolute Gasteiger partial charge is 0.320 e. The zero-order valence-electron chi connectivity index (χ0n) is 9.61. The molecule has 0 aromatic rings. The average Bonchev–Trinajstić information content (AvgIpc) is 2.15. The molecule has 0 heterocycles. The van der Waals surface area contributed by atoms with Gasteiger partial charge in [0.05, 0.1) is 6.04 Å². The van der Waals surface area contributed by atoms with E-state index in [-0.39, 0.29) is 11.8 Å². The van der Waals surface area contributed by atoms with Crippen molar-refractivity contribution < 1.29 is 4.79 Å². The minimum absolute atomic E-state index is 0.0448. The Labute approximate surface area is 82.3 Å². The molecule has 0 aliphatic heterocycles. The van der Waals surface area contributed by atoms with Crippen LogP contribution in [0.2, 0.25) is 0 Å². The van der Waals surface area contributed by atoms with Crippen LogP contribution in [0.1, 0.15) is 33.6 Å². The molecule has 2 N–H and O–H groups in total. The van der Waals surface area contributed by atoms with E-state index in [0.29, 0.717) is 0 Å². The summed E-state index contributed by atoms with van der Waals surface area (Å²) >= 11 is 0. The van der Waals surface area contributed by atoms with Gasteiger partial charge >= 0.3 is 0 Å². The van der Waals surface area contributed by atoms with Crippen molar-refractivity contribution in [2.75, 3.05) is 20.6 Å². The van der Waals surface area contributed by atoms with E-state index in [1.54, 1.807) is 6.92 Å². The maximum absolute atomic E-state index is 10.9. The van der Waals surface area contributed by atoms with E-state index in [0.717, 1.165) is 19.4 Å². The minimum atomic E-state index is 0.0448. The summed E-state index contributed by atoms with van der Waals surface area (Å²) in [6.45, 7) is 6.60. The second-order valence-electron chi connectivity index (χ2n) is 2.70. The van der Waals surface area contributed by atoms with Crippen molar-refractivity contribution in [1.29, 1.82) is 0 Å². The van der Waals surface area contributed by atoms with E-state index < -0.39 is 0 Å². The van der Waals surface area contributed by atoms with Crippen LogP contribution in [0.15, 0.2) is 0 Å². The molecule has 0 rings (SSSR count). The number of hydrogen-bond acceptors (Lipinski definition) is 3. The van der Waals surface area contributed by atoms with Crippen molar-refractivity contribution in [3.05, 3.63) is 0 Å². The summed E-state index contributed by atoms with van der Waals surface area (Å²) in [5.41, 5.74) is 0. The van der Waals surface area contributed by atoms with Crippen molar-refractivity contribution in [3.8, 4) is 0 Å². The topological polar surface area (TPSA) is 41.1 Å². The van der Waals surface area contributed by atoms with Gasteiger partial charge in [-0.15, -0.1) is 0 Å². The fourth-order valence-corrected chi connectivity index (χ4v) is 1.03. The van der Waals surface area contributed by atoms with Crippen molar-refractivity contribution >= 4 is 5.78 Å². The van der Waals surface area contributed by atoms with Gasteiger partial charge in [-0.05, 0) is 40.4 Å². The lowest BCUT2D eigenvalue weighted by molar-refractivity contribution is -0.119. The van der Waals surface area contributed by atoms with Crippen LogP contribution in [0.3, 0.4) is 0 Å². The molecule has 3 nitrogen and oxygen atoms in total. The Morgan fingerprint density at radius 3 is 2.15 bits per heavy atom. The standard InChI is InChI=1S/C8H18N2O.C2H6/c1-7(11)8(10-3)5-4-6-9-2;1-2/h8-10H,4-6H2,1-3H3;1-2H3/t8-;/m1./s1. The van der Waals surface area contributed by atoms with Gasteiger partial charge in [0.1, 0.15) is 5.78 Å². The molecule has 13 heavy (non-hydrogen) atoms. The van der Waals surface area contributed by atoms with Gasteiger partial charge in [-0.3, -0.25) is 4.79 Å². The van der Waals surface area contributed by atoms with Crippen LogP contribution in [-0.2, 0) is 4.79 Å². The molecule has 0 radical (unpaired) electrons. The lowest BCUT2D eigenvalue weighted by Gasteiger charge is -2.11. The molecular formula is C10H24N2O. The van der Waals surface area contributed by atoms with Gasteiger partial charge in [0.25, 0.3) is 0 Å². The van der Waals surface area contributed by atoms with Crippen LogP contribution in [0.4, 0.5) is 0 Å². The van der Waals surface area contributed by atoms with E-state index in [4.69, 9.17) is 0 Å². The van der Waals surface area contributed by atoms with Gasteiger partial charge in [0, 0.05) is 0 Å². The average molecular weight is 188 g/mol. The SMILES string of the molecule is CC.CNCCC[C@@H](NC)C(C)=O. The van der Waals surface area contributed by atoms with Crippen LogP contribution in [0.5, 0.6) is 0 Å². The number of Topliss-reactive ketones (excluding diaryl/α,β-unsaturated/α-hetero) is 1. The summed E-state index contributed by atoms with van der Waals surface area (Å²) in [7, 11) is 3.74. The minimum Gasteiger partial charge on any atom is -0.320 e. The molecule has 0 aromatic carbocycles. The second-order valence-corrected chi connectivity index (χ2v) is 2.70. The van der Waals surface area contributed by atoms with Gasteiger partial charge < -0.3 is 10.6 Å². The molecule has 0 amide bonds. The number of rotatable bonds is 6. The highest BCUT2D eigenvalue weighted by Gasteiger charge is 2.09. The number of nitrogens with one attached hydrogen (secondary N) is 2. The van der Waals surface area contributed by atoms with Crippen molar-refractivity contribution in [2.24, 2.45) is 0 Å². The molecule has 0 fully saturated rings. The highest BCUT2D eigenvalue weighted by Crippen LogP contribution is 1.96.